The molecule has 3 nitrogen and oxygen atoms in total. The Kier molecular flexibility index (Phi) is 3.68. The van der Waals surface area contributed by atoms with Crippen LogP contribution in [0, 0.1) is 5.92 Å². The summed E-state index contributed by atoms with van der Waals surface area (Å²) in [4.78, 5) is 14.7. The Bertz CT molecular complexity index is 734. The van der Waals surface area contributed by atoms with E-state index in [1.165, 1.54) is 6.42 Å². The molecule has 0 aliphatic heterocycles. The number of halogens is 1. The van der Waals surface area contributed by atoms with E-state index >= 15 is 0 Å². The summed E-state index contributed by atoms with van der Waals surface area (Å²) >= 11 is 6.02. The Morgan fingerprint density at radius 2 is 2.09 bits per heavy atom. The molecular weight excluding hydrogens is 310 g/mol. The van der Waals surface area contributed by atoms with Crippen LogP contribution in [0.25, 0.3) is 0 Å². The highest BCUT2D eigenvalue weighted by molar-refractivity contribution is 6.30. The summed E-state index contributed by atoms with van der Waals surface area (Å²) in [7, 11) is 0. The van der Waals surface area contributed by atoms with Crippen LogP contribution in [-0.4, -0.2) is 16.8 Å². The smallest absolute Gasteiger partial charge is 0.254 e. The molecule has 2 saturated carbocycles. The van der Waals surface area contributed by atoms with E-state index in [0.717, 1.165) is 30.3 Å². The van der Waals surface area contributed by atoms with Crippen LogP contribution in [0.4, 0.5) is 0 Å². The van der Waals surface area contributed by atoms with Crippen LogP contribution in [0.5, 0.6) is 0 Å². The number of hydrogen-bond donors (Lipinski definition) is 0. The molecule has 1 heterocycles. The van der Waals surface area contributed by atoms with E-state index in [9.17, 15) is 4.79 Å². The average Bonchev–Trinajstić information content (AvgIpc) is 3.45. The molecule has 2 aromatic rings. The number of amides is 1. The van der Waals surface area contributed by atoms with Crippen molar-refractivity contribution >= 4 is 17.5 Å². The van der Waals surface area contributed by atoms with Gasteiger partial charge in [-0.15, -0.1) is 0 Å². The predicted molar refractivity (Wildman–Crippen MR) is 89.6 cm³/mol. The molecule has 4 rings (SSSR count). The third-order valence-corrected chi connectivity index (χ3v) is 5.04. The molecule has 1 aromatic carbocycles. The number of nitrogens with zero attached hydrogens (tertiary/aromatic N) is 1. The van der Waals surface area contributed by atoms with Gasteiger partial charge in [0.05, 0.1) is 6.54 Å². The number of hydrogen-bond acceptors (Lipinski definition) is 2. The molecule has 2 aliphatic rings. The van der Waals surface area contributed by atoms with Crippen LogP contribution >= 0.6 is 11.6 Å². The van der Waals surface area contributed by atoms with E-state index in [0.29, 0.717) is 29.1 Å². The van der Waals surface area contributed by atoms with Gasteiger partial charge in [-0.3, -0.25) is 4.79 Å². The van der Waals surface area contributed by atoms with Crippen LogP contribution in [0.15, 0.2) is 40.8 Å². The van der Waals surface area contributed by atoms with Gasteiger partial charge in [-0.2, -0.15) is 0 Å². The van der Waals surface area contributed by atoms with E-state index in [-0.39, 0.29) is 5.91 Å². The quantitative estimate of drug-likeness (QED) is 0.784. The van der Waals surface area contributed by atoms with Crippen molar-refractivity contribution in [2.24, 2.45) is 5.92 Å². The summed E-state index contributed by atoms with van der Waals surface area (Å²) in [6.07, 6.45) is 3.35. The van der Waals surface area contributed by atoms with E-state index < -0.39 is 0 Å². The van der Waals surface area contributed by atoms with Crippen molar-refractivity contribution in [3.63, 3.8) is 0 Å². The zero-order valence-electron chi connectivity index (χ0n) is 13.2. The summed E-state index contributed by atoms with van der Waals surface area (Å²) in [6, 6.07) is 11.6. The maximum absolute atomic E-state index is 12.8. The van der Waals surface area contributed by atoms with E-state index in [2.05, 4.69) is 13.0 Å². The van der Waals surface area contributed by atoms with Crippen LogP contribution in [-0.2, 0) is 6.54 Å². The van der Waals surface area contributed by atoms with Gasteiger partial charge in [0.15, 0.2) is 0 Å². The molecule has 0 radical (unpaired) electrons. The number of carbonyl (C=O) groups excluding carboxylic acids is 1. The Balaban J connectivity index is 1.52. The largest absolute Gasteiger partial charge is 0.464 e. The third-order valence-electron chi connectivity index (χ3n) is 4.80. The van der Waals surface area contributed by atoms with Crippen LogP contribution in [0.2, 0.25) is 5.02 Å². The fourth-order valence-corrected chi connectivity index (χ4v) is 3.30. The molecule has 2 fully saturated rings. The Morgan fingerprint density at radius 3 is 2.74 bits per heavy atom. The highest BCUT2D eigenvalue weighted by atomic mass is 35.5. The Labute approximate surface area is 141 Å². The van der Waals surface area contributed by atoms with Gasteiger partial charge in [-0.05, 0) is 55.5 Å². The molecule has 120 valence electrons. The normalized spacial score (nSPS) is 22.9. The topological polar surface area (TPSA) is 33.5 Å². The first-order valence-electron chi connectivity index (χ1n) is 8.27. The minimum Gasteiger partial charge on any atom is -0.464 e. The van der Waals surface area contributed by atoms with E-state index in [4.69, 9.17) is 16.0 Å². The van der Waals surface area contributed by atoms with Crippen LogP contribution < -0.4 is 0 Å². The van der Waals surface area contributed by atoms with E-state index in [1.807, 2.05) is 23.1 Å². The minimum atomic E-state index is 0.0349. The molecule has 2 aliphatic carbocycles. The summed E-state index contributed by atoms with van der Waals surface area (Å²) in [6.45, 7) is 2.78. The van der Waals surface area contributed by atoms with E-state index in [1.54, 1.807) is 12.1 Å². The second-order valence-electron chi connectivity index (χ2n) is 6.80. The molecule has 0 bridgehead atoms. The van der Waals surface area contributed by atoms with Gasteiger partial charge in [0.1, 0.15) is 11.5 Å². The van der Waals surface area contributed by atoms with Crippen molar-refractivity contribution in [3.8, 4) is 0 Å². The van der Waals surface area contributed by atoms with Gasteiger partial charge in [0.2, 0.25) is 0 Å². The number of carbonyl (C=O) groups is 1. The SMILES string of the molecule is C[C@H]1C[C@@H]1c1ccc(CN(C(=O)c2cccc(Cl)c2)C2CC2)o1. The predicted octanol–water partition coefficient (Wildman–Crippen LogP) is 4.86. The number of furan rings is 1. The van der Waals surface area contributed by atoms with Gasteiger partial charge in [-0.1, -0.05) is 24.6 Å². The van der Waals surface area contributed by atoms with Crippen molar-refractivity contribution in [2.45, 2.75) is 44.7 Å². The van der Waals surface area contributed by atoms with Gasteiger partial charge in [0.25, 0.3) is 5.91 Å². The number of rotatable bonds is 5. The minimum absolute atomic E-state index is 0.0349. The van der Waals surface area contributed by atoms with Crippen LogP contribution in [0.3, 0.4) is 0 Å². The van der Waals surface area contributed by atoms with Gasteiger partial charge < -0.3 is 9.32 Å². The van der Waals surface area contributed by atoms with Crippen LogP contribution in [0.1, 0.15) is 54.0 Å². The van der Waals surface area contributed by atoms with Gasteiger partial charge in [-0.25, -0.2) is 0 Å². The summed E-state index contributed by atoms with van der Waals surface area (Å²) < 4.78 is 5.98. The average molecular weight is 330 g/mol. The van der Waals surface area contributed by atoms with Gasteiger partial charge in [0, 0.05) is 22.5 Å². The Morgan fingerprint density at radius 1 is 1.30 bits per heavy atom. The molecule has 0 unspecified atom stereocenters. The van der Waals surface area contributed by atoms with Crippen molar-refractivity contribution in [1.82, 2.24) is 4.90 Å². The summed E-state index contributed by atoms with van der Waals surface area (Å²) in [5.41, 5.74) is 0.645. The van der Waals surface area contributed by atoms with Gasteiger partial charge >= 0.3 is 0 Å². The fraction of sp³-hybridized carbons (Fsp3) is 0.421. The lowest BCUT2D eigenvalue weighted by atomic mass is 10.2. The lowest BCUT2D eigenvalue weighted by molar-refractivity contribution is 0.0716. The zero-order valence-corrected chi connectivity index (χ0v) is 13.9. The Hall–Kier alpha value is -1.74. The zero-order chi connectivity index (χ0) is 16.0. The fourth-order valence-electron chi connectivity index (χ4n) is 3.11. The van der Waals surface area contributed by atoms with Crippen molar-refractivity contribution < 1.29 is 9.21 Å². The number of benzene rings is 1. The molecule has 0 saturated heterocycles. The molecule has 0 spiro atoms. The summed E-state index contributed by atoms with van der Waals surface area (Å²) in [5, 5.41) is 0.592. The standard InChI is InChI=1S/C19H20ClNO2/c1-12-9-17(12)18-8-7-16(23-18)11-21(15-5-6-15)19(22)13-3-2-4-14(20)10-13/h2-4,7-8,10,12,15,17H,5-6,9,11H2,1H3/t12-,17-/m0/s1. The molecule has 4 heteroatoms. The first-order valence-corrected chi connectivity index (χ1v) is 8.65. The highest BCUT2D eigenvalue weighted by Crippen LogP contribution is 2.47. The second kappa shape index (κ2) is 5.72. The molecular formula is C19H20ClNO2. The lowest BCUT2D eigenvalue weighted by Crippen LogP contribution is -2.32. The monoisotopic (exact) mass is 329 g/mol. The lowest BCUT2D eigenvalue weighted by Gasteiger charge is -2.21. The van der Waals surface area contributed by atoms with Crippen molar-refractivity contribution in [2.75, 3.05) is 0 Å². The first kappa shape index (κ1) is 14.8. The molecule has 0 N–H and O–H groups in total. The maximum atomic E-state index is 12.8. The maximum Gasteiger partial charge on any atom is 0.254 e. The second-order valence-corrected chi connectivity index (χ2v) is 7.23. The molecule has 23 heavy (non-hydrogen) atoms. The van der Waals surface area contributed by atoms with Crippen molar-refractivity contribution in [3.05, 3.63) is 58.5 Å². The highest BCUT2D eigenvalue weighted by Gasteiger charge is 2.37. The third kappa shape index (κ3) is 3.16. The molecule has 1 amide bonds. The van der Waals surface area contributed by atoms with Crippen molar-refractivity contribution in [1.29, 1.82) is 0 Å². The molecule has 2 atom stereocenters. The summed E-state index contributed by atoms with van der Waals surface area (Å²) in [5.74, 6) is 3.27. The molecule has 1 aromatic heterocycles. The first-order chi connectivity index (χ1) is 11.1.